The second kappa shape index (κ2) is 6.89. The predicted molar refractivity (Wildman–Crippen MR) is 74.6 cm³/mol. The van der Waals surface area contributed by atoms with Gasteiger partial charge in [-0.05, 0) is 24.2 Å². The smallest absolute Gasteiger partial charge is 0.253 e. The van der Waals surface area contributed by atoms with Gasteiger partial charge in [-0.3, -0.25) is 14.5 Å². The van der Waals surface area contributed by atoms with Crippen molar-refractivity contribution < 1.29 is 9.59 Å². The lowest BCUT2D eigenvalue weighted by atomic mass is 10.1. The number of carbonyl (C=O) groups is 2. The van der Waals surface area contributed by atoms with Crippen LogP contribution in [0.5, 0.6) is 0 Å². The molecular weight excluding hydrogens is 242 g/mol. The van der Waals surface area contributed by atoms with E-state index in [0.29, 0.717) is 12.1 Å². The molecule has 0 aliphatic carbocycles. The maximum Gasteiger partial charge on any atom is 0.253 e. The number of nitrogens with zero attached hydrogens (tertiary/aromatic N) is 2. The molecule has 0 fully saturated rings. The van der Waals surface area contributed by atoms with E-state index in [4.69, 9.17) is 5.73 Å². The highest BCUT2D eigenvalue weighted by molar-refractivity contribution is 5.94. The van der Waals surface area contributed by atoms with Gasteiger partial charge in [0.05, 0.1) is 6.54 Å². The van der Waals surface area contributed by atoms with Crippen molar-refractivity contribution in [3.8, 4) is 0 Å². The number of likely N-dealkylation sites (N-methyl/N-ethyl adjacent to an activating group) is 1. The summed E-state index contributed by atoms with van der Waals surface area (Å²) in [7, 11) is 3.45. The van der Waals surface area contributed by atoms with Gasteiger partial charge in [0.1, 0.15) is 0 Å². The summed E-state index contributed by atoms with van der Waals surface area (Å²) >= 11 is 0. The molecular formula is C14H21N3O2. The molecule has 0 heterocycles. The highest BCUT2D eigenvalue weighted by Crippen LogP contribution is 2.09. The number of benzene rings is 1. The first kappa shape index (κ1) is 15.2. The number of amides is 2. The Morgan fingerprint density at radius 1 is 1.26 bits per heavy atom. The topological polar surface area (TPSA) is 66.6 Å². The van der Waals surface area contributed by atoms with Crippen molar-refractivity contribution in [3.63, 3.8) is 0 Å². The van der Waals surface area contributed by atoms with E-state index >= 15 is 0 Å². The summed E-state index contributed by atoms with van der Waals surface area (Å²) in [5.41, 5.74) is 6.85. The van der Waals surface area contributed by atoms with Crippen molar-refractivity contribution in [3.05, 3.63) is 35.4 Å². The molecule has 0 aromatic heterocycles. The van der Waals surface area contributed by atoms with Crippen LogP contribution in [-0.4, -0.2) is 48.8 Å². The van der Waals surface area contributed by atoms with Crippen LogP contribution in [0.25, 0.3) is 0 Å². The van der Waals surface area contributed by atoms with E-state index < -0.39 is 0 Å². The second-order valence-electron chi connectivity index (χ2n) is 4.67. The molecule has 1 rings (SSSR count). The molecule has 0 unspecified atom stereocenters. The molecule has 104 valence electrons. The summed E-state index contributed by atoms with van der Waals surface area (Å²) < 4.78 is 0. The van der Waals surface area contributed by atoms with Crippen LogP contribution in [0.15, 0.2) is 24.3 Å². The number of nitrogens with two attached hydrogens (primary N) is 1. The van der Waals surface area contributed by atoms with E-state index in [2.05, 4.69) is 0 Å². The fourth-order valence-electron chi connectivity index (χ4n) is 1.82. The Balaban J connectivity index is 2.81. The standard InChI is InChI=1S/C14H21N3O2/c1-4-17(10-13(15)18)9-11-6-5-7-12(8-11)14(19)16(2)3/h5-8H,4,9-10H2,1-3H3,(H2,15,18). The third kappa shape index (κ3) is 4.71. The molecule has 0 atom stereocenters. The van der Waals surface area contributed by atoms with Crippen LogP contribution in [0.1, 0.15) is 22.8 Å². The molecule has 0 saturated carbocycles. The monoisotopic (exact) mass is 263 g/mol. The van der Waals surface area contributed by atoms with Crippen LogP contribution in [0.2, 0.25) is 0 Å². The second-order valence-corrected chi connectivity index (χ2v) is 4.67. The van der Waals surface area contributed by atoms with Gasteiger partial charge in [-0.15, -0.1) is 0 Å². The van der Waals surface area contributed by atoms with Gasteiger partial charge in [0.2, 0.25) is 5.91 Å². The Labute approximate surface area is 114 Å². The molecule has 0 saturated heterocycles. The van der Waals surface area contributed by atoms with Crippen molar-refractivity contribution in [2.24, 2.45) is 5.73 Å². The van der Waals surface area contributed by atoms with Crippen molar-refractivity contribution >= 4 is 11.8 Å². The number of hydrogen-bond donors (Lipinski definition) is 1. The maximum atomic E-state index is 11.9. The highest BCUT2D eigenvalue weighted by Gasteiger charge is 2.10. The van der Waals surface area contributed by atoms with Gasteiger partial charge in [-0.25, -0.2) is 0 Å². The van der Waals surface area contributed by atoms with E-state index in [9.17, 15) is 9.59 Å². The maximum absolute atomic E-state index is 11.9. The normalized spacial score (nSPS) is 10.5. The third-order valence-electron chi connectivity index (χ3n) is 2.81. The summed E-state index contributed by atoms with van der Waals surface area (Å²) in [6.45, 7) is 3.53. The third-order valence-corrected chi connectivity index (χ3v) is 2.81. The van der Waals surface area contributed by atoms with Crippen molar-refractivity contribution in [2.75, 3.05) is 27.2 Å². The summed E-state index contributed by atoms with van der Waals surface area (Å²) in [5, 5.41) is 0. The fraction of sp³-hybridized carbons (Fsp3) is 0.429. The quantitative estimate of drug-likeness (QED) is 0.821. The SMILES string of the molecule is CCN(CC(N)=O)Cc1cccc(C(=O)N(C)C)c1. The summed E-state index contributed by atoms with van der Waals surface area (Å²) in [4.78, 5) is 26.3. The molecule has 0 radical (unpaired) electrons. The molecule has 5 nitrogen and oxygen atoms in total. The van der Waals surface area contributed by atoms with Crippen LogP contribution >= 0.6 is 0 Å². The molecule has 2 amide bonds. The Morgan fingerprint density at radius 3 is 2.47 bits per heavy atom. The minimum absolute atomic E-state index is 0.0280. The Kier molecular flexibility index (Phi) is 5.51. The van der Waals surface area contributed by atoms with Crippen LogP contribution in [0.4, 0.5) is 0 Å². The fourth-order valence-corrected chi connectivity index (χ4v) is 1.82. The lowest BCUT2D eigenvalue weighted by molar-refractivity contribution is -0.119. The van der Waals surface area contributed by atoms with Crippen molar-refractivity contribution in [1.82, 2.24) is 9.80 Å². The van der Waals surface area contributed by atoms with Crippen LogP contribution in [0, 0.1) is 0 Å². The average molecular weight is 263 g/mol. The number of hydrogen-bond acceptors (Lipinski definition) is 3. The number of rotatable bonds is 6. The molecule has 0 spiro atoms. The zero-order valence-electron chi connectivity index (χ0n) is 11.7. The van der Waals surface area contributed by atoms with E-state index in [0.717, 1.165) is 12.1 Å². The first-order valence-electron chi connectivity index (χ1n) is 6.25. The Bertz CT molecular complexity index is 458. The van der Waals surface area contributed by atoms with Gasteiger partial charge in [-0.2, -0.15) is 0 Å². The van der Waals surface area contributed by atoms with Gasteiger partial charge >= 0.3 is 0 Å². The first-order chi connectivity index (χ1) is 8.93. The lowest BCUT2D eigenvalue weighted by Gasteiger charge is -2.19. The zero-order chi connectivity index (χ0) is 14.4. The molecule has 0 aliphatic rings. The largest absolute Gasteiger partial charge is 0.369 e. The van der Waals surface area contributed by atoms with Crippen molar-refractivity contribution in [2.45, 2.75) is 13.5 Å². The average Bonchev–Trinajstić information content (AvgIpc) is 2.36. The van der Waals surface area contributed by atoms with Crippen LogP contribution in [-0.2, 0) is 11.3 Å². The predicted octanol–water partition coefficient (Wildman–Crippen LogP) is 0.696. The summed E-state index contributed by atoms with van der Waals surface area (Å²) in [6, 6.07) is 7.43. The minimum atomic E-state index is -0.345. The lowest BCUT2D eigenvalue weighted by Crippen LogP contribution is -2.33. The number of carbonyl (C=O) groups excluding carboxylic acids is 2. The highest BCUT2D eigenvalue weighted by atomic mass is 16.2. The van der Waals surface area contributed by atoms with Crippen LogP contribution in [0.3, 0.4) is 0 Å². The van der Waals surface area contributed by atoms with E-state index in [1.165, 1.54) is 0 Å². The molecule has 0 bridgehead atoms. The molecule has 2 N–H and O–H groups in total. The van der Waals surface area contributed by atoms with E-state index in [-0.39, 0.29) is 18.4 Å². The summed E-state index contributed by atoms with van der Waals surface area (Å²) in [5.74, 6) is -0.373. The van der Waals surface area contributed by atoms with E-state index in [1.54, 1.807) is 25.1 Å². The molecule has 19 heavy (non-hydrogen) atoms. The van der Waals surface area contributed by atoms with Gasteiger partial charge in [0.25, 0.3) is 5.91 Å². The van der Waals surface area contributed by atoms with Crippen LogP contribution < -0.4 is 5.73 Å². The van der Waals surface area contributed by atoms with Gasteiger partial charge in [0, 0.05) is 26.2 Å². The first-order valence-corrected chi connectivity index (χ1v) is 6.25. The zero-order valence-corrected chi connectivity index (χ0v) is 11.7. The molecule has 1 aromatic carbocycles. The summed E-state index contributed by atoms with van der Waals surface area (Å²) in [6.07, 6.45) is 0. The van der Waals surface area contributed by atoms with Crippen molar-refractivity contribution in [1.29, 1.82) is 0 Å². The molecule has 1 aromatic rings. The Morgan fingerprint density at radius 2 is 1.95 bits per heavy atom. The molecule has 0 aliphatic heterocycles. The van der Waals surface area contributed by atoms with Gasteiger partial charge < -0.3 is 10.6 Å². The Hall–Kier alpha value is -1.88. The number of primary amides is 1. The minimum Gasteiger partial charge on any atom is -0.369 e. The van der Waals surface area contributed by atoms with Gasteiger partial charge in [0.15, 0.2) is 0 Å². The van der Waals surface area contributed by atoms with E-state index in [1.807, 2.05) is 30.0 Å². The molecule has 5 heteroatoms. The van der Waals surface area contributed by atoms with Gasteiger partial charge in [-0.1, -0.05) is 19.1 Å².